The van der Waals surface area contributed by atoms with Crippen LogP contribution in [0.15, 0.2) is 65.7 Å². The van der Waals surface area contributed by atoms with Crippen LogP contribution in [0.1, 0.15) is 22.3 Å². The average molecular weight is 434 g/mol. The lowest BCUT2D eigenvalue weighted by Gasteiger charge is -2.22. The summed E-state index contributed by atoms with van der Waals surface area (Å²) < 4.78 is 16.4. The van der Waals surface area contributed by atoms with Gasteiger partial charge in [0.15, 0.2) is 11.5 Å². The van der Waals surface area contributed by atoms with Gasteiger partial charge in [-0.15, -0.1) is 0 Å². The molecule has 1 heterocycles. The molecule has 1 aliphatic heterocycles. The molecule has 31 heavy (non-hydrogen) atoms. The second-order valence-corrected chi connectivity index (χ2v) is 7.56. The number of allylic oxidation sites excluding steroid dienone is 1. The first-order valence-corrected chi connectivity index (χ1v) is 10.4. The summed E-state index contributed by atoms with van der Waals surface area (Å²) in [5.74, 6) is 2.21. The van der Waals surface area contributed by atoms with E-state index in [4.69, 9.17) is 30.8 Å². The van der Waals surface area contributed by atoms with Crippen LogP contribution in [0.25, 0.3) is 11.6 Å². The highest BCUT2D eigenvalue weighted by atomic mass is 35.5. The van der Waals surface area contributed by atoms with Gasteiger partial charge in [-0.2, -0.15) is 0 Å². The number of hydrogen-bond donors (Lipinski definition) is 0. The smallest absolute Gasteiger partial charge is 0.161 e. The van der Waals surface area contributed by atoms with Gasteiger partial charge in [-0.3, -0.25) is 4.99 Å². The molecule has 4 nitrogen and oxygen atoms in total. The fourth-order valence-electron chi connectivity index (χ4n) is 3.76. The Labute approximate surface area is 187 Å². The summed E-state index contributed by atoms with van der Waals surface area (Å²) >= 11 is 6.49. The molecule has 0 radical (unpaired) electrons. The minimum Gasteiger partial charge on any atom is -0.497 e. The molecule has 0 unspecified atom stereocenters. The normalized spacial score (nSPS) is 13.3. The third kappa shape index (κ3) is 4.30. The summed E-state index contributed by atoms with van der Waals surface area (Å²) in [5.41, 5.74) is 6.09. The minimum absolute atomic E-state index is 0.683. The maximum Gasteiger partial charge on any atom is 0.161 e. The molecule has 0 spiro atoms. The summed E-state index contributed by atoms with van der Waals surface area (Å²) in [7, 11) is 4.96. The van der Waals surface area contributed by atoms with Crippen LogP contribution >= 0.6 is 11.6 Å². The Hall–Kier alpha value is -3.24. The van der Waals surface area contributed by atoms with Gasteiger partial charge < -0.3 is 14.2 Å². The molecule has 1 aliphatic rings. The van der Waals surface area contributed by atoms with Gasteiger partial charge in [-0.1, -0.05) is 41.9 Å². The Kier molecular flexibility index (Phi) is 6.28. The zero-order valence-electron chi connectivity index (χ0n) is 17.8. The molecule has 4 rings (SSSR count). The highest BCUT2D eigenvalue weighted by molar-refractivity contribution is 6.37. The van der Waals surface area contributed by atoms with Crippen molar-refractivity contribution in [3.05, 3.63) is 87.9 Å². The molecule has 0 amide bonds. The number of halogens is 1. The molecule has 3 aromatic rings. The van der Waals surface area contributed by atoms with Crippen molar-refractivity contribution in [2.75, 3.05) is 27.9 Å². The molecule has 158 valence electrons. The van der Waals surface area contributed by atoms with Crippen molar-refractivity contribution in [2.24, 2.45) is 4.99 Å². The lowest BCUT2D eigenvalue weighted by molar-refractivity contribution is 0.354. The first-order chi connectivity index (χ1) is 15.1. The summed E-state index contributed by atoms with van der Waals surface area (Å²) in [5, 5.41) is 0.692. The number of hydrogen-bond acceptors (Lipinski definition) is 4. The zero-order chi connectivity index (χ0) is 21.8. The van der Waals surface area contributed by atoms with E-state index in [2.05, 4.69) is 6.08 Å². The van der Waals surface area contributed by atoms with Gasteiger partial charge in [0.05, 0.1) is 27.0 Å². The van der Waals surface area contributed by atoms with Crippen molar-refractivity contribution in [3.8, 4) is 17.2 Å². The minimum atomic E-state index is 0.683. The maximum absolute atomic E-state index is 6.49. The molecular weight excluding hydrogens is 410 g/mol. The van der Waals surface area contributed by atoms with Gasteiger partial charge in [-0.25, -0.2) is 0 Å². The van der Waals surface area contributed by atoms with Crippen LogP contribution < -0.4 is 14.2 Å². The second-order valence-electron chi connectivity index (χ2n) is 7.15. The van der Waals surface area contributed by atoms with E-state index < -0.39 is 0 Å². The predicted molar refractivity (Wildman–Crippen MR) is 127 cm³/mol. The van der Waals surface area contributed by atoms with E-state index in [9.17, 15) is 0 Å². The Balaban J connectivity index is 1.90. The molecule has 0 bridgehead atoms. The van der Waals surface area contributed by atoms with Crippen LogP contribution in [0.2, 0.25) is 5.02 Å². The Bertz CT molecular complexity index is 1150. The summed E-state index contributed by atoms with van der Waals surface area (Å²) in [6.45, 7) is 0.702. The number of fused-ring (bicyclic) bond motifs is 1. The fourth-order valence-corrected chi connectivity index (χ4v) is 3.95. The van der Waals surface area contributed by atoms with Gasteiger partial charge in [-0.05, 0) is 59.5 Å². The Morgan fingerprint density at radius 1 is 0.903 bits per heavy atom. The first-order valence-electron chi connectivity index (χ1n) is 10.1. The molecule has 0 saturated heterocycles. The van der Waals surface area contributed by atoms with Gasteiger partial charge in [0.25, 0.3) is 0 Å². The van der Waals surface area contributed by atoms with Crippen LogP contribution in [0.3, 0.4) is 0 Å². The van der Waals surface area contributed by atoms with Crippen LogP contribution in [0.5, 0.6) is 17.2 Å². The van der Waals surface area contributed by atoms with Crippen molar-refractivity contribution in [1.82, 2.24) is 0 Å². The van der Waals surface area contributed by atoms with E-state index in [0.717, 1.165) is 45.9 Å². The molecule has 0 aromatic heterocycles. The fraction of sp³-hybridized carbons (Fsp3) is 0.192. The molecule has 5 heteroatoms. The number of rotatable bonds is 6. The predicted octanol–water partition coefficient (Wildman–Crippen LogP) is 5.95. The average Bonchev–Trinajstić information content (AvgIpc) is 2.82. The van der Waals surface area contributed by atoms with Crippen LogP contribution in [-0.2, 0) is 6.42 Å². The van der Waals surface area contributed by atoms with Crippen molar-refractivity contribution in [2.45, 2.75) is 6.42 Å². The highest BCUT2D eigenvalue weighted by Crippen LogP contribution is 2.36. The number of methoxy groups -OCH3 is 3. The summed E-state index contributed by atoms with van der Waals surface area (Å²) in [4.78, 5) is 4.92. The lowest BCUT2D eigenvalue weighted by Crippen LogP contribution is -2.15. The third-order valence-electron chi connectivity index (χ3n) is 5.38. The number of ether oxygens (including phenoxy) is 3. The SMILES string of the molecule is COc1ccc(/C(=C/c2ccccc2Cl)C2=NCCc3cc(OC)c(OC)cc32)cc1. The van der Waals surface area contributed by atoms with Gasteiger partial charge >= 0.3 is 0 Å². The topological polar surface area (TPSA) is 40.0 Å². The standard InChI is InChI=1S/C26H24ClNO3/c1-29-20-10-8-17(9-11-20)21(14-19-6-4-5-7-23(19)27)26-22-16-25(31-3)24(30-2)15-18(22)12-13-28-26/h4-11,14-16H,12-13H2,1-3H3/b21-14-. The van der Waals surface area contributed by atoms with E-state index in [-0.39, 0.29) is 0 Å². The van der Waals surface area contributed by atoms with Crippen molar-refractivity contribution < 1.29 is 14.2 Å². The van der Waals surface area contributed by atoms with E-state index in [0.29, 0.717) is 17.3 Å². The maximum atomic E-state index is 6.49. The van der Waals surface area contributed by atoms with Crippen molar-refractivity contribution in [1.29, 1.82) is 0 Å². The molecule has 0 aliphatic carbocycles. The third-order valence-corrected chi connectivity index (χ3v) is 5.72. The molecule has 0 atom stereocenters. The van der Waals surface area contributed by atoms with Crippen molar-refractivity contribution >= 4 is 29.0 Å². The summed E-state index contributed by atoms with van der Waals surface area (Å²) in [6, 6.07) is 19.8. The molecule has 0 fully saturated rings. The number of benzene rings is 3. The van der Waals surface area contributed by atoms with E-state index in [1.807, 2.05) is 60.7 Å². The van der Waals surface area contributed by atoms with Crippen LogP contribution in [-0.4, -0.2) is 33.6 Å². The highest BCUT2D eigenvalue weighted by Gasteiger charge is 2.22. The van der Waals surface area contributed by atoms with Gasteiger partial charge in [0.1, 0.15) is 5.75 Å². The van der Waals surface area contributed by atoms with E-state index in [1.54, 1.807) is 21.3 Å². The van der Waals surface area contributed by atoms with Crippen molar-refractivity contribution in [3.63, 3.8) is 0 Å². The second kappa shape index (κ2) is 9.27. The van der Waals surface area contributed by atoms with Gasteiger partial charge in [0, 0.05) is 22.7 Å². The Morgan fingerprint density at radius 3 is 2.29 bits per heavy atom. The first kappa shape index (κ1) is 21.0. The van der Waals surface area contributed by atoms with E-state index >= 15 is 0 Å². The molecule has 0 N–H and O–H groups in total. The van der Waals surface area contributed by atoms with Gasteiger partial charge in [0.2, 0.25) is 0 Å². The quantitative estimate of drug-likeness (QED) is 0.451. The summed E-state index contributed by atoms with van der Waals surface area (Å²) in [6.07, 6.45) is 2.94. The van der Waals surface area contributed by atoms with E-state index in [1.165, 1.54) is 5.56 Å². The molecular formula is C26H24ClNO3. The largest absolute Gasteiger partial charge is 0.497 e. The van der Waals surface area contributed by atoms with Crippen LogP contribution in [0.4, 0.5) is 0 Å². The zero-order valence-corrected chi connectivity index (χ0v) is 18.6. The van der Waals surface area contributed by atoms with Crippen LogP contribution in [0, 0.1) is 0 Å². The number of nitrogens with zero attached hydrogens (tertiary/aromatic N) is 1. The lowest BCUT2D eigenvalue weighted by atomic mass is 9.88. The monoisotopic (exact) mass is 433 g/mol. The molecule has 3 aromatic carbocycles. The molecule has 0 saturated carbocycles. The Morgan fingerprint density at radius 2 is 1.61 bits per heavy atom. The number of aliphatic imine (C=N–C) groups is 1.